The van der Waals surface area contributed by atoms with Crippen molar-refractivity contribution in [3.63, 3.8) is 0 Å². The number of nitrogens with zero attached hydrogens (tertiary/aromatic N) is 1. The van der Waals surface area contributed by atoms with Gasteiger partial charge in [0.05, 0.1) is 12.0 Å². The third kappa shape index (κ3) is 2.02. The van der Waals surface area contributed by atoms with Gasteiger partial charge in [-0.2, -0.15) is 0 Å². The minimum atomic E-state index is -0.526. The van der Waals surface area contributed by atoms with Gasteiger partial charge in [0.25, 0.3) is 0 Å². The van der Waals surface area contributed by atoms with Crippen LogP contribution >= 0.6 is 0 Å². The molecule has 0 spiro atoms. The maximum atomic E-state index is 11.9. The van der Waals surface area contributed by atoms with Crippen molar-refractivity contribution >= 4 is 11.7 Å². The number of carbonyl (C=O) groups excluding carboxylic acids is 2. The highest BCUT2D eigenvalue weighted by Crippen LogP contribution is 2.22. The summed E-state index contributed by atoms with van der Waals surface area (Å²) in [5.41, 5.74) is 0.940. The molecule has 1 amide bonds. The minimum Gasteiger partial charge on any atom is -0.508 e. The molecule has 0 saturated carbocycles. The Morgan fingerprint density at radius 3 is 2.29 bits per heavy atom. The van der Waals surface area contributed by atoms with Crippen LogP contribution in [0.25, 0.3) is 0 Å². The highest BCUT2D eigenvalue weighted by molar-refractivity contribution is 6.09. The number of likely N-dealkylation sites (N-methyl/N-ethyl adjacent to an activating group) is 1. The van der Waals surface area contributed by atoms with Gasteiger partial charge in [0.15, 0.2) is 5.78 Å². The van der Waals surface area contributed by atoms with E-state index in [-0.39, 0.29) is 23.5 Å². The molecule has 4 nitrogen and oxygen atoms in total. The monoisotopic (exact) mass is 233 g/mol. The van der Waals surface area contributed by atoms with Crippen LogP contribution in [0.5, 0.6) is 5.75 Å². The number of Topliss-reactive ketones (excluding diaryl/α,β-unsaturated/α-hetero) is 1. The molecule has 1 N–H and O–H groups in total. The van der Waals surface area contributed by atoms with E-state index in [1.165, 1.54) is 4.90 Å². The maximum Gasteiger partial charge on any atom is 0.233 e. The van der Waals surface area contributed by atoms with Gasteiger partial charge in [-0.1, -0.05) is 12.1 Å². The second-order valence-corrected chi connectivity index (χ2v) is 4.46. The van der Waals surface area contributed by atoms with E-state index < -0.39 is 5.92 Å². The van der Waals surface area contributed by atoms with Crippen LogP contribution in [0.1, 0.15) is 12.5 Å². The standard InChI is InChI=1S/C13H15NO3/c1-8-12(16)11(14(2)13(8)17)7-9-3-5-10(15)6-4-9/h3-6,8,11,15H,7H2,1-2H3/t8?,11-/m0/s1. The molecule has 0 bridgehead atoms. The Morgan fingerprint density at radius 1 is 1.24 bits per heavy atom. The zero-order chi connectivity index (χ0) is 12.6. The van der Waals surface area contributed by atoms with Crippen molar-refractivity contribution in [3.05, 3.63) is 29.8 Å². The molecule has 1 fully saturated rings. The van der Waals surface area contributed by atoms with Gasteiger partial charge in [-0.25, -0.2) is 0 Å². The van der Waals surface area contributed by atoms with Crippen molar-refractivity contribution in [3.8, 4) is 5.75 Å². The number of carbonyl (C=O) groups is 2. The zero-order valence-corrected chi connectivity index (χ0v) is 9.88. The summed E-state index contributed by atoms with van der Waals surface area (Å²) in [6.07, 6.45) is 0.506. The molecule has 1 saturated heterocycles. The topological polar surface area (TPSA) is 57.6 Å². The van der Waals surface area contributed by atoms with Gasteiger partial charge in [0.1, 0.15) is 5.75 Å². The van der Waals surface area contributed by atoms with Crippen molar-refractivity contribution in [2.75, 3.05) is 7.05 Å². The quantitative estimate of drug-likeness (QED) is 0.775. The fourth-order valence-corrected chi connectivity index (χ4v) is 2.15. The lowest BCUT2D eigenvalue weighted by Crippen LogP contribution is -2.33. The Morgan fingerprint density at radius 2 is 1.82 bits per heavy atom. The number of amides is 1. The van der Waals surface area contributed by atoms with Crippen molar-refractivity contribution < 1.29 is 14.7 Å². The lowest BCUT2D eigenvalue weighted by Gasteiger charge is -2.18. The van der Waals surface area contributed by atoms with E-state index in [1.807, 2.05) is 0 Å². The van der Waals surface area contributed by atoms with Crippen LogP contribution in [-0.4, -0.2) is 34.8 Å². The van der Waals surface area contributed by atoms with Crippen LogP contribution in [0.4, 0.5) is 0 Å². The maximum absolute atomic E-state index is 11.9. The van der Waals surface area contributed by atoms with E-state index in [0.717, 1.165) is 5.56 Å². The second kappa shape index (κ2) is 4.20. The smallest absolute Gasteiger partial charge is 0.233 e. The summed E-state index contributed by atoms with van der Waals surface area (Å²) < 4.78 is 0. The summed E-state index contributed by atoms with van der Waals surface area (Å²) in [5, 5.41) is 9.17. The Kier molecular flexibility index (Phi) is 2.88. The largest absolute Gasteiger partial charge is 0.508 e. The van der Waals surface area contributed by atoms with E-state index in [0.29, 0.717) is 6.42 Å². The number of likely N-dealkylation sites (tertiary alicyclic amines) is 1. The number of ketones is 1. The Labute approximate surface area is 99.9 Å². The van der Waals surface area contributed by atoms with Gasteiger partial charge in [-0.3, -0.25) is 9.59 Å². The number of hydrogen-bond donors (Lipinski definition) is 1. The number of rotatable bonds is 2. The molecule has 1 aromatic carbocycles. The third-order valence-corrected chi connectivity index (χ3v) is 3.31. The molecule has 90 valence electrons. The van der Waals surface area contributed by atoms with Crippen molar-refractivity contribution in [1.82, 2.24) is 4.90 Å². The summed E-state index contributed by atoms with van der Waals surface area (Å²) in [7, 11) is 1.66. The molecule has 0 aliphatic carbocycles. The molecular weight excluding hydrogens is 218 g/mol. The first-order valence-electron chi connectivity index (χ1n) is 5.59. The first kappa shape index (κ1) is 11.6. The van der Waals surface area contributed by atoms with E-state index in [4.69, 9.17) is 0 Å². The molecule has 17 heavy (non-hydrogen) atoms. The number of aromatic hydroxyl groups is 1. The number of hydrogen-bond acceptors (Lipinski definition) is 3. The molecule has 0 aromatic heterocycles. The van der Waals surface area contributed by atoms with E-state index in [9.17, 15) is 14.7 Å². The Bertz CT molecular complexity index is 452. The number of phenols is 1. The zero-order valence-electron chi connectivity index (χ0n) is 9.88. The average Bonchev–Trinajstić information content (AvgIpc) is 2.50. The summed E-state index contributed by atoms with van der Waals surface area (Å²) in [6, 6.07) is 6.33. The molecule has 1 heterocycles. The highest BCUT2D eigenvalue weighted by atomic mass is 16.3. The summed E-state index contributed by atoms with van der Waals surface area (Å²) in [4.78, 5) is 25.0. The second-order valence-electron chi connectivity index (χ2n) is 4.46. The Hall–Kier alpha value is -1.84. The molecule has 2 atom stereocenters. The molecule has 4 heteroatoms. The third-order valence-electron chi connectivity index (χ3n) is 3.31. The Balaban J connectivity index is 2.16. The molecule has 1 aromatic rings. The summed E-state index contributed by atoms with van der Waals surface area (Å²) >= 11 is 0. The minimum absolute atomic E-state index is 0.0226. The summed E-state index contributed by atoms with van der Waals surface area (Å²) in [5.74, 6) is -0.462. The van der Waals surface area contributed by atoms with Gasteiger partial charge < -0.3 is 10.0 Å². The van der Waals surface area contributed by atoms with E-state index in [1.54, 1.807) is 38.2 Å². The lowest BCUT2D eigenvalue weighted by molar-refractivity contribution is -0.130. The summed E-state index contributed by atoms with van der Waals surface area (Å²) in [6.45, 7) is 1.65. The van der Waals surface area contributed by atoms with Crippen LogP contribution < -0.4 is 0 Å². The fraction of sp³-hybridized carbons (Fsp3) is 0.385. The van der Waals surface area contributed by atoms with Crippen molar-refractivity contribution in [2.24, 2.45) is 5.92 Å². The average molecular weight is 233 g/mol. The number of phenolic OH excluding ortho intramolecular Hbond substituents is 1. The van der Waals surface area contributed by atoms with Crippen LogP contribution in [0.15, 0.2) is 24.3 Å². The van der Waals surface area contributed by atoms with E-state index >= 15 is 0 Å². The first-order valence-corrected chi connectivity index (χ1v) is 5.59. The molecule has 0 radical (unpaired) electrons. The normalized spacial score (nSPS) is 24.5. The van der Waals surface area contributed by atoms with Crippen molar-refractivity contribution in [2.45, 2.75) is 19.4 Å². The van der Waals surface area contributed by atoms with Crippen LogP contribution in [-0.2, 0) is 16.0 Å². The molecule has 2 rings (SSSR count). The molecule has 1 aliphatic heterocycles. The van der Waals surface area contributed by atoms with Gasteiger partial charge in [0, 0.05) is 7.05 Å². The first-order chi connectivity index (χ1) is 8.00. The lowest BCUT2D eigenvalue weighted by atomic mass is 9.99. The SMILES string of the molecule is CC1C(=O)[C@H](Cc2ccc(O)cc2)N(C)C1=O. The van der Waals surface area contributed by atoms with Crippen LogP contribution in [0.3, 0.4) is 0 Å². The van der Waals surface area contributed by atoms with E-state index in [2.05, 4.69) is 0 Å². The van der Waals surface area contributed by atoms with Gasteiger partial charge in [-0.15, -0.1) is 0 Å². The van der Waals surface area contributed by atoms with Crippen LogP contribution in [0, 0.1) is 5.92 Å². The molecule has 1 aliphatic rings. The van der Waals surface area contributed by atoms with Gasteiger partial charge in [-0.05, 0) is 31.0 Å². The molecule has 1 unspecified atom stereocenters. The predicted octanol–water partition coefficient (Wildman–Crippen LogP) is 0.980. The fourth-order valence-electron chi connectivity index (χ4n) is 2.15. The number of benzene rings is 1. The predicted molar refractivity (Wildman–Crippen MR) is 62.5 cm³/mol. The molecular formula is C13H15NO3. The van der Waals surface area contributed by atoms with Gasteiger partial charge in [0.2, 0.25) is 5.91 Å². The van der Waals surface area contributed by atoms with Crippen LogP contribution in [0.2, 0.25) is 0 Å². The highest BCUT2D eigenvalue weighted by Gasteiger charge is 2.42. The van der Waals surface area contributed by atoms with Gasteiger partial charge >= 0.3 is 0 Å². The van der Waals surface area contributed by atoms with Crippen molar-refractivity contribution in [1.29, 1.82) is 0 Å².